The third kappa shape index (κ3) is 4.41. The van der Waals surface area contributed by atoms with Crippen molar-refractivity contribution in [2.24, 2.45) is 0 Å². The second kappa shape index (κ2) is 6.59. The summed E-state index contributed by atoms with van der Waals surface area (Å²) in [5.41, 5.74) is 1.13. The smallest absolute Gasteiger partial charge is 0.347 e. The standard InChI is InChI=1S/C14H16O4/c1-10(2)13(15)18-11(3)14(16)17-9-12-7-5-4-6-8-12/h4-8,11H,1,9H2,2-3H3/t11-/m0/s1. The van der Waals surface area contributed by atoms with Crippen molar-refractivity contribution in [3.05, 3.63) is 48.0 Å². The molecule has 0 radical (unpaired) electrons. The predicted molar refractivity (Wildman–Crippen MR) is 66.6 cm³/mol. The molecule has 0 amide bonds. The fourth-order valence-electron chi connectivity index (χ4n) is 1.16. The molecule has 1 atom stereocenters. The summed E-state index contributed by atoms with van der Waals surface area (Å²) in [4.78, 5) is 22.7. The van der Waals surface area contributed by atoms with Crippen molar-refractivity contribution in [3.63, 3.8) is 0 Å². The molecule has 4 heteroatoms. The van der Waals surface area contributed by atoms with E-state index in [1.54, 1.807) is 0 Å². The number of hydrogen-bond acceptors (Lipinski definition) is 4. The van der Waals surface area contributed by atoms with Crippen molar-refractivity contribution in [1.29, 1.82) is 0 Å². The van der Waals surface area contributed by atoms with E-state index in [4.69, 9.17) is 9.47 Å². The number of carbonyl (C=O) groups is 2. The quantitative estimate of drug-likeness (QED) is 0.592. The highest BCUT2D eigenvalue weighted by molar-refractivity contribution is 5.89. The van der Waals surface area contributed by atoms with Gasteiger partial charge in [0.1, 0.15) is 6.61 Å². The summed E-state index contributed by atoms with van der Waals surface area (Å²) in [6.45, 7) is 6.58. The van der Waals surface area contributed by atoms with Crippen LogP contribution in [0.3, 0.4) is 0 Å². The third-order valence-electron chi connectivity index (χ3n) is 2.19. The normalized spacial score (nSPS) is 11.4. The second-order valence-corrected chi connectivity index (χ2v) is 3.92. The van der Waals surface area contributed by atoms with E-state index in [1.807, 2.05) is 30.3 Å². The van der Waals surface area contributed by atoms with Gasteiger partial charge < -0.3 is 9.47 Å². The molecule has 0 spiro atoms. The number of esters is 2. The Balaban J connectivity index is 2.41. The minimum absolute atomic E-state index is 0.161. The molecule has 0 saturated carbocycles. The minimum atomic E-state index is -0.932. The Morgan fingerprint density at radius 2 is 1.89 bits per heavy atom. The second-order valence-electron chi connectivity index (χ2n) is 3.92. The minimum Gasteiger partial charge on any atom is -0.458 e. The van der Waals surface area contributed by atoms with E-state index in [1.165, 1.54) is 13.8 Å². The van der Waals surface area contributed by atoms with E-state index in [2.05, 4.69) is 6.58 Å². The number of ether oxygens (including phenoxy) is 2. The molecule has 0 aromatic heterocycles. The van der Waals surface area contributed by atoms with Gasteiger partial charge >= 0.3 is 11.9 Å². The summed E-state index contributed by atoms with van der Waals surface area (Å²) in [6.07, 6.45) is -0.932. The molecule has 4 nitrogen and oxygen atoms in total. The zero-order valence-electron chi connectivity index (χ0n) is 10.5. The molecule has 96 valence electrons. The zero-order chi connectivity index (χ0) is 13.5. The Hall–Kier alpha value is -2.10. The first kappa shape index (κ1) is 14.0. The zero-order valence-corrected chi connectivity index (χ0v) is 10.5. The van der Waals surface area contributed by atoms with Gasteiger partial charge in [0.05, 0.1) is 0 Å². The van der Waals surface area contributed by atoms with Crippen LogP contribution < -0.4 is 0 Å². The van der Waals surface area contributed by atoms with Gasteiger partial charge in [-0.05, 0) is 19.4 Å². The van der Waals surface area contributed by atoms with Gasteiger partial charge in [-0.15, -0.1) is 0 Å². The Bertz CT molecular complexity index is 436. The summed E-state index contributed by atoms with van der Waals surface area (Å²) in [7, 11) is 0. The van der Waals surface area contributed by atoms with Crippen molar-refractivity contribution in [3.8, 4) is 0 Å². The van der Waals surface area contributed by atoms with Crippen molar-refractivity contribution in [2.75, 3.05) is 0 Å². The van der Waals surface area contributed by atoms with Gasteiger partial charge in [0.25, 0.3) is 0 Å². The summed E-state index contributed by atoms with van der Waals surface area (Å²) in [6, 6.07) is 9.28. The first-order valence-electron chi connectivity index (χ1n) is 5.57. The maximum absolute atomic E-state index is 11.5. The third-order valence-corrected chi connectivity index (χ3v) is 2.19. The maximum atomic E-state index is 11.5. The molecular weight excluding hydrogens is 232 g/mol. The van der Waals surface area contributed by atoms with Crippen LogP contribution in [-0.2, 0) is 25.7 Å². The molecule has 0 unspecified atom stereocenters. The molecule has 1 rings (SSSR count). The molecule has 0 bridgehead atoms. The molecule has 1 aromatic rings. The maximum Gasteiger partial charge on any atom is 0.347 e. The van der Waals surface area contributed by atoms with Gasteiger partial charge in [-0.25, -0.2) is 9.59 Å². The Labute approximate surface area is 106 Å². The molecular formula is C14H16O4. The van der Waals surface area contributed by atoms with Gasteiger partial charge in [0, 0.05) is 5.57 Å². The largest absolute Gasteiger partial charge is 0.458 e. The van der Waals surface area contributed by atoms with E-state index in [0.29, 0.717) is 0 Å². The predicted octanol–water partition coefficient (Wildman–Crippen LogP) is 2.24. The van der Waals surface area contributed by atoms with E-state index < -0.39 is 18.0 Å². The van der Waals surface area contributed by atoms with E-state index >= 15 is 0 Å². The topological polar surface area (TPSA) is 52.6 Å². The van der Waals surface area contributed by atoms with Gasteiger partial charge in [0.2, 0.25) is 0 Å². The lowest BCUT2D eigenvalue weighted by Gasteiger charge is -2.12. The number of hydrogen-bond donors (Lipinski definition) is 0. The first-order valence-corrected chi connectivity index (χ1v) is 5.57. The van der Waals surface area contributed by atoms with Gasteiger partial charge in [0.15, 0.2) is 6.10 Å². The van der Waals surface area contributed by atoms with Crippen LogP contribution in [0, 0.1) is 0 Å². The molecule has 0 heterocycles. The van der Waals surface area contributed by atoms with E-state index in [9.17, 15) is 9.59 Å². The van der Waals surface area contributed by atoms with Crippen LogP contribution in [0.5, 0.6) is 0 Å². The molecule has 0 N–H and O–H groups in total. The summed E-state index contributed by atoms with van der Waals surface area (Å²) in [5.74, 6) is -1.17. The summed E-state index contributed by atoms with van der Waals surface area (Å²) < 4.78 is 9.87. The number of benzene rings is 1. The Morgan fingerprint density at radius 3 is 2.44 bits per heavy atom. The van der Waals surface area contributed by atoms with Crippen LogP contribution in [0.15, 0.2) is 42.5 Å². The number of rotatable bonds is 5. The Morgan fingerprint density at radius 1 is 1.28 bits per heavy atom. The SMILES string of the molecule is C=C(C)C(=O)O[C@@H](C)C(=O)OCc1ccccc1. The highest BCUT2D eigenvalue weighted by Gasteiger charge is 2.19. The van der Waals surface area contributed by atoms with Gasteiger partial charge in [-0.1, -0.05) is 36.9 Å². The average Bonchev–Trinajstić information content (AvgIpc) is 2.36. The molecule has 0 aliphatic rings. The lowest BCUT2D eigenvalue weighted by Crippen LogP contribution is -2.26. The first-order chi connectivity index (χ1) is 8.50. The highest BCUT2D eigenvalue weighted by atomic mass is 16.6. The van der Waals surface area contributed by atoms with Crippen LogP contribution >= 0.6 is 0 Å². The lowest BCUT2D eigenvalue weighted by atomic mass is 10.2. The van der Waals surface area contributed by atoms with Crippen LogP contribution in [0.1, 0.15) is 19.4 Å². The van der Waals surface area contributed by atoms with Crippen LogP contribution in [0.25, 0.3) is 0 Å². The van der Waals surface area contributed by atoms with E-state index in [0.717, 1.165) is 5.56 Å². The Kier molecular flexibility index (Phi) is 5.11. The average molecular weight is 248 g/mol. The molecule has 0 aliphatic carbocycles. The fraction of sp³-hybridized carbons (Fsp3) is 0.286. The number of carbonyl (C=O) groups excluding carboxylic acids is 2. The van der Waals surface area contributed by atoms with Crippen LogP contribution in [0.2, 0.25) is 0 Å². The molecule has 0 saturated heterocycles. The van der Waals surface area contributed by atoms with Crippen molar-refractivity contribution < 1.29 is 19.1 Å². The van der Waals surface area contributed by atoms with Gasteiger partial charge in [-0.2, -0.15) is 0 Å². The highest BCUT2D eigenvalue weighted by Crippen LogP contribution is 2.04. The fourth-order valence-corrected chi connectivity index (χ4v) is 1.16. The summed E-state index contributed by atoms with van der Waals surface area (Å²) in [5, 5.41) is 0. The van der Waals surface area contributed by atoms with Gasteiger partial charge in [-0.3, -0.25) is 0 Å². The molecule has 0 aliphatic heterocycles. The van der Waals surface area contributed by atoms with Crippen LogP contribution in [0.4, 0.5) is 0 Å². The lowest BCUT2D eigenvalue weighted by molar-refractivity contribution is -0.165. The van der Waals surface area contributed by atoms with Crippen LogP contribution in [-0.4, -0.2) is 18.0 Å². The molecule has 18 heavy (non-hydrogen) atoms. The molecule has 1 aromatic carbocycles. The monoisotopic (exact) mass is 248 g/mol. The summed E-state index contributed by atoms with van der Waals surface area (Å²) >= 11 is 0. The molecule has 0 fully saturated rings. The van der Waals surface area contributed by atoms with Crippen molar-refractivity contribution in [2.45, 2.75) is 26.6 Å². The van der Waals surface area contributed by atoms with E-state index in [-0.39, 0.29) is 12.2 Å². The van der Waals surface area contributed by atoms with Crippen molar-refractivity contribution >= 4 is 11.9 Å². The van der Waals surface area contributed by atoms with Crippen molar-refractivity contribution in [1.82, 2.24) is 0 Å².